The zero-order valence-electron chi connectivity index (χ0n) is 19.4. The Balaban J connectivity index is 1.61. The van der Waals surface area contributed by atoms with Crippen LogP contribution < -0.4 is 4.74 Å². The SMILES string of the molecule is CCOc1c(C)c(C)c(-c2ccc(-c3ccc(C(F)(F)F)cc3)cc2)c2c1Cc1ccccc1-2. The van der Waals surface area contributed by atoms with Crippen molar-refractivity contribution in [3.8, 4) is 39.1 Å². The van der Waals surface area contributed by atoms with E-state index in [0.29, 0.717) is 6.61 Å². The number of halogens is 3. The van der Waals surface area contributed by atoms with E-state index < -0.39 is 11.7 Å². The lowest BCUT2D eigenvalue weighted by Gasteiger charge is -2.21. The summed E-state index contributed by atoms with van der Waals surface area (Å²) < 4.78 is 44.9. The Morgan fingerprint density at radius 2 is 1.32 bits per heavy atom. The predicted octanol–water partition coefficient (Wildman–Crippen LogP) is 8.63. The summed E-state index contributed by atoms with van der Waals surface area (Å²) in [6.07, 6.45) is -3.49. The minimum Gasteiger partial charge on any atom is -0.493 e. The van der Waals surface area contributed by atoms with E-state index in [1.54, 1.807) is 0 Å². The van der Waals surface area contributed by atoms with Gasteiger partial charge in [0, 0.05) is 12.0 Å². The molecule has 0 N–H and O–H groups in total. The molecule has 0 radical (unpaired) electrons. The molecular formula is C30H25F3O. The van der Waals surface area contributed by atoms with Crippen LogP contribution in [0.4, 0.5) is 13.2 Å². The Morgan fingerprint density at radius 3 is 1.94 bits per heavy atom. The molecule has 0 spiro atoms. The Morgan fingerprint density at radius 1 is 0.735 bits per heavy atom. The van der Waals surface area contributed by atoms with E-state index in [1.165, 1.54) is 45.5 Å². The van der Waals surface area contributed by atoms with Crippen molar-refractivity contribution < 1.29 is 17.9 Å². The van der Waals surface area contributed by atoms with Crippen LogP contribution >= 0.6 is 0 Å². The molecule has 4 aromatic rings. The topological polar surface area (TPSA) is 9.23 Å². The van der Waals surface area contributed by atoms with Gasteiger partial charge >= 0.3 is 6.18 Å². The Bertz CT molecular complexity index is 1360. The Hall–Kier alpha value is -3.53. The molecule has 0 aromatic heterocycles. The smallest absolute Gasteiger partial charge is 0.416 e. The lowest BCUT2D eigenvalue weighted by molar-refractivity contribution is -0.137. The molecule has 1 aliphatic carbocycles. The Labute approximate surface area is 197 Å². The molecule has 0 saturated heterocycles. The number of ether oxygens (including phenoxy) is 1. The highest BCUT2D eigenvalue weighted by atomic mass is 19.4. The predicted molar refractivity (Wildman–Crippen MR) is 131 cm³/mol. The summed E-state index contributed by atoms with van der Waals surface area (Å²) in [7, 11) is 0. The van der Waals surface area contributed by atoms with Crippen molar-refractivity contribution >= 4 is 0 Å². The molecule has 0 unspecified atom stereocenters. The normalized spacial score (nSPS) is 12.4. The molecule has 5 rings (SSSR count). The van der Waals surface area contributed by atoms with Crippen molar-refractivity contribution in [1.29, 1.82) is 0 Å². The van der Waals surface area contributed by atoms with Gasteiger partial charge in [0.15, 0.2) is 0 Å². The molecule has 0 fully saturated rings. The molecule has 0 amide bonds. The van der Waals surface area contributed by atoms with Gasteiger partial charge in [-0.1, -0.05) is 60.7 Å². The average molecular weight is 459 g/mol. The van der Waals surface area contributed by atoms with E-state index in [2.05, 4.69) is 50.2 Å². The van der Waals surface area contributed by atoms with Crippen molar-refractivity contribution in [2.24, 2.45) is 0 Å². The van der Waals surface area contributed by atoms with Crippen LogP contribution in [0.1, 0.15) is 34.7 Å². The quantitative estimate of drug-likeness (QED) is 0.262. The van der Waals surface area contributed by atoms with Crippen molar-refractivity contribution in [2.75, 3.05) is 6.61 Å². The maximum Gasteiger partial charge on any atom is 0.416 e. The first-order valence-corrected chi connectivity index (χ1v) is 11.4. The molecule has 0 bridgehead atoms. The zero-order valence-corrected chi connectivity index (χ0v) is 19.4. The van der Waals surface area contributed by atoms with E-state index in [1.807, 2.05) is 19.1 Å². The van der Waals surface area contributed by atoms with Gasteiger partial charge in [-0.2, -0.15) is 13.2 Å². The van der Waals surface area contributed by atoms with Crippen molar-refractivity contribution in [3.63, 3.8) is 0 Å². The zero-order chi connectivity index (χ0) is 24.0. The van der Waals surface area contributed by atoms with Crippen LogP contribution in [0.2, 0.25) is 0 Å². The van der Waals surface area contributed by atoms with Gasteiger partial charge in [-0.05, 0) is 83.0 Å². The highest BCUT2D eigenvalue weighted by Gasteiger charge is 2.30. The van der Waals surface area contributed by atoms with E-state index >= 15 is 0 Å². The minimum atomic E-state index is -4.33. The van der Waals surface area contributed by atoms with Crippen molar-refractivity contribution in [3.05, 3.63) is 101 Å². The first-order chi connectivity index (χ1) is 16.3. The lowest BCUT2D eigenvalue weighted by atomic mass is 9.86. The fourth-order valence-corrected chi connectivity index (χ4v) is 4.99. The third kappa shape index (κ3) is 3.67. The Kier molecular flexibility index (Phi) is 5.47. The molecule has 1 nitrogen and oxygen atoms in total. The first-order valence-electron chi connectivity index (χ1n) is 11.4. The maximum absolute atomic E-state index is 12.9. The number of alkyl halides is 3. The highest BCUT2D eigenvalue weighted by Crippen LogP contribution is 2.50. The molecule has 0 atom stereocenters. The molecule has 4 aromatic carbocycles. The maximum atomic E-state index is 12.9. The van der Waals surface area contributed by atoms with Crippen LogP contribution in [0.15, 0.2) is 72.8 Å². The average Bonchev–Trinajstić information content (AvgIpc) is 3.21. The first kappa shape index (κ1) is 22.3. The molecule has 0 heterocycles. The second-order valence-corrected chi connectivity index (χ2v) is 8.73. The van der Waals surface area contributed by atoms with Crippen molar-refractivity contribution in [2.45, 2.75) is 33.4 Å². The van der Waals surface area contributed by atoms with Crippen LogP contribution in [-0.2, 0) is 12.6 Å². The fourth-order valence-electron chi connectivity index (χ4n) is 4.99. The number of hydrogen-bond donors (Lipinski definition) is 0. The van der Waals surface area contributed by atoms with E-state index in [4.69, 9.17) is 4.74 Å². The minimum absolute atomic E-state index is 0.615. The second kappa shape index (κ2) is 8.35. The van der Waals surface area contributed by atoms with Crippen LogP contribution in [0, 0.1) is 13.8 Å². The van der Waals surface area contributed by atoms with Crippen molar-refractivity contribution in [1.82, 2.24) is 0 Å². The highest BCUT2D eigenvalue weighted by molar-refractivity contribution is 5.95. The van der Waals surface area contributed by atoms with E-state index in [0.717, 1.165) is 46.6 Å². The molecule has 0 saturated carbocycles. The molecular weight excluding hydrogens is 433 g/mol. The van der Waals surface area contributed by atoms with Gasteiger partial charge in [0.05, 0.1) is 12.2 Å². The van der Waals surface area contributed by atoms with Gasteiger partial charge in [-0.15, -0.1) is 0 Å². The number of benzene rings is 4. The largest absolute Gasteiger partial charge is 0.493 e. The van der Waals surface area contributed by atoms with Crippen LogP contribution in [0.3, 0.4) is 0 Å². The molecule has 34 heavy (non-hydrogen) atoms. The van der Waals surface area contributed by atoms with Crippen LogP contribution in [0.25, 0.3) is 33.4 Å². The summed E-state index contributed by atoms with van der Waals surface area (Å²) in [6.45, 7) is 6.88. The summed E-state index contributed by atoms with van der Waals surface area (Å²) in [4.78, 5) is 0. The van der Waals surface area contributed by atoms with Gasteiger partial charge in [0.25, 0.3) is 0 Å². The van der Waals surface area contributed by atoms with Crippen LogP contribution in [0.5, 0.6) is 5.75 Å². The standard InChI is InChI=1S/C30H25F3O/c1-4-34-29-19(3)18(2)27(28-25-8-6-5-7-23(25)17-26(28)29)22-11-9-20(10-12-22)21-13-15-24(16-14-21)30(31,32)33/h5-16H,4,17H2,1-3H3. The summed E-state index contributed by atoms with van der Waals surface area (Å²) in [5.74, 6) is 0.983. The summed E-state index contributed by atoms with van der Waals surface area (Å²) in [5, 5.41) is 0. The van der Waals surface area contributed by atoms with E-state index in [9.17, 15) is 13.2 Å². The van der Waals surface area contributed by atoms with Gasteiger partial charge in [0.1, 0.15) is 5.75 Å². The summed E-state index contributed by atoms with van der Waals surface area (Å²) >= 11 is 0. The monoisotopic (exact) mass is 458 g/mol. The number of rotatable bonds is 4. The summed E-state index contributed by atoms with van der Waals surface area (Å²) in [6, 6.07) is 21.9. The number of fused-ring (bicyclic) bond motifs is 3. The summed E-state index contributed by atoms with van der Waals surface area (Å²) in [5.41, 5.74) is 10.6. The third-order valence-corrected chi connectivity index (χ3v) is 6.77. The van der Waals surface area contributed by atoms with Gasteiger partial charge in [-0.3, -0.25) is 0 Å². The molecule has 172 valence electrons. The molecule has 4 heteroatoms. The molecule has 1 aliphatic rings. The van der Waals surface area contributed by atoms with Gasteiger partial charge in [-0.25, -0.2) is 0 Å². The third-order valence-electron chi connectivity index (χ3n) is 6.77. The van der Waals surface area contributed by atoms with Crippen LogP contribution in [-0.4, -0.2) is 6.61 Å². The fraction of sp³-hybridized carbons (Fsp3) is 0.200. The van der Waals surface area contributed by atoms with E-state index in [-0.39, 0.29) is 0 Å². The lowest BCUT2D eigenvalue weighted by Crippen LogP contribution is -2.04. The van der Waals surface area contributed by atoms with Gasteiger partial charge in [0.2, 0.25) is 0 Å². The number of hydrogen-bond acceptors (Lipinski definition) is 1. The molecule has 0 aliphatic heterocycles. The van der Waals surface area contributed by atoms with Gasteiger partial charge < -0.3 is 4.74 Å². The second-order valence-electron chi connectivity index (χ2n) is 8.73.